The molecule has 0 atom stereocenters. The Morgan fingerprint density at radius 3 is 0.708 bits per heavy atom. The summed E-state index contributed by atoms with van der Waals surface area (Å²) in [6.45, 7) is 0. The standard InChI is InChI=1S/2C52H32O/c1-2-12-34-27-39(24-23-33(34)11-1)35-15-9-17-41(28-35)51-43-19-5-7-21-45(43)52(46-22-8-6-20-44(46)51)42-18-10-16-36(29-42)40-25-26-49-47(31-40)48-30-37-13-3-4-14-38(37)32-50(48)53-49;1-2-11-36-28-40(25-22-33(36)10-1)34-20-23-35(24-21-34)51-43-16-5-7-18-45(43)52(46-19-8-6-17-44(46)51)42-15-9-14-37(29-42)41-26-27-49-47(31-41)48-30-38-12-3-4-13-39(38)32-50(48)53-49/h2*1-32H. The first-order valence-electron chi connectivity index (χ1n) is 36.5. The van der Waals surface area contributed by atoms with Gasteiger partial charge < -0.3 is 8.83 Å². The van der Waals surface area contributed by atoms with Gasteiger partial charge in [-0.1, -0.05) is 309 Å². The third-order valence-electron chi connectivity index (χ3n) is 22.0. The largest absolute Gasteiger partial charge is 0.456 e. The van der Waals surface area contributed by atoms with E-state index in [1.165, 1.54) is 175 Å². The van der Waals surface area contributed by atoms with Gasteiger partial charge in [-0.25, -0.2) is 0 Å². The molecule has 0 spiro atoms. The van der Waals surface area contributed by atoms with Gasteiger partial charge in [-0.15, -0.1) is 0 Å². The van der Waals surface area contributed by atoms with E-state index in [1.54, 1.807) is 0 Å². The Morgan fingerprint density at radius 1 is 0.113 bits per heavy atom. The highest BCUT2D eigenvalue weighted by Crippen LogP contribution is 2.48. The van der Waals surface area contributed by atoms with Crippen LogP contribution in [0.1, 0.15) is 0 Å². The Bertz CT molecular complexity index is 7210. The number of rotatable bonds is 8. The molecule has 0 N–H and O–H groups in total. The predicted molar refractivity (Wildman–Crippen MR) is 451 cm³/mol. The summed E-state index contributed by atoms with van der Waals surface area (Å²) in [5.74, 6) is 0. The van der Waals surface area contributed by atoms with Crippen molar-refractivity contribution in [2.45, 2.75) is 0 Å². The first-order chi connectivity index (χ1) is 52.5. The molecule has 0 amide bonds. The minimum Gasteiger partial charge on any atom is -0.456 e. The van der Waals surface area contributed by atoms with Crippen LogP contribution in [0.25, 0.3) is 219 Å². The van der Waals surface area contributed by atoms with E-state index in [2.05, 4.69) is 388 Å². The van der Waals surface area contributed by atoms with Gasteiger partial charge in [0.2, 0.25) is 0 Å². The third-order valence-corrected chi connectivity index (χ3v) is 22.0. The van der Waals surface area contributed by atoms with Crippen molar-refractivity contribution in [3.63, 3.8) is 0 Å². The van der Waals surface area contributed by atoms with Crippen molar-refractivity contribution in [3.8, 4) is 89.0 Å². The van der Waals surface area contributed by atoms with Gasteiger partial charge in [0.15, 0.2) is 0 Å². The lowest BCUT2D eigenvalue weighted by Crippen LogP contribution is -1.91. The summed E-state index contributed by atoms with van der Waals surface area (Å²) in [7, 11) is 0. The zero-order valence-corrected chi connectivity index (χ0v) is 57.8. The fraction of sp³-hybridized carbons (Fsp3) is 0. The second kappa shape index (κ2) is 25.0. The molecule has 0 unspecified atom stereocenters. The maximum absolute atomic E-state index is 6.34. The summed E-state index contributed by atoms with van der Waals surface area (Å²) in [6, 6.07) is 141. The third kappa shape index (κ3) is 10.4. The molecule has 0 bridgehead atoms. The molecule has 0 fully saturated rings. The van der Waals surface area contributed by atoms with Crippen LogP contribution in [0.3, 0.4) is 0 Å². The van der Waals surface area contributed by atoms with Crippen LogP contribution in [0, 0.1) is 0 Å². The molecular weight excluding hydrogens is 1280 g/mol. The van der Waals surface area contributed by atoms with Crippen LogP contribution in [0.5, 0.6) is 0 Å². The molecule has 106 heavy (non-hydrogen) atoms. The molecular formula is C104H64O2. The van der Waals surface area contributed by atoms with Crippen molar-refractivity contribution >= 4 is 130 Å². The second-order valence-electron chi connectivity index (χ2n) is 28.1. The molecule has 20 aromatic carbocycles. The number of hydrogen-bond donors (Lipinski definition) is 0. The second-order valence-corrected chi connectivity index (χ2v) is 28.1. The summed E-state index contributed by atoms with van der Waals surface area (Å²) in [6.07, 6.45) is 0. The Morgan fingerprint density at radius 2 is 0.349 bits per heavy atom. The molecule has 0 aliphatic heterocycles. The SMILES string of the molecule is c1cc(-c2ccc3ccccc3c2)cc(-c2c3ccccc3c(-c3cccc(-c4ccc5oc6cc7ccccc7cc6c5c4)c3)c3ccccc23)c1.c1cc(-c2ccc3oc4cc5ccccc5cc4c3c2)cc(-c2c3ccccc3c(-c3ccc(-c4ccc5ccccc5c4)cc3)c3ccccc23)c1. The fourth-order valence-electron chi connectivity index (χ4n) is 16.9. The van der Waals surface area contributed by atoms with Crippen LogP contribution >= 0.6 is 0 Å². The molecule has 0 saturated carbocycles. The molecule has 0 aliphatic carbocycles. The number of furan rings is 2. The van der Waals surface area contributed by atoms with Gasteiger partial charge in [0, 0.05) is 21.5 Å². The van der Waals surface area contributed by atoms with Crippen molar-refractivity contribution in [3.05, 3.63) is 388 Å². The average molecular weight is 1350 g/mol. The Balaban J connectivity index is 0.000000136. The minimum atomic E-state index is 0.910. The molecule has 492 valence electrons. The Hall–Kier alpha value is -13.9. The summed E-state index contributed by atoms with van der Waals surface area (Å²) in [4.78, 5) is 0. The number of fused-ring (bicyclic) bond motifs is 14. The van der Waals surface area contributed by atoms with E-state index >= 15 is 0 Å². The highest BCUT2D eigenvalue weighted by molar-refractivity contribution is 6.24. The maximum Gasteiger partial charge on any atom is 0.136 e. The van der Waals surface area contributed by atoms with Crippen molar-refractivity contribution < 1.29 is 8.83 Å². The lowest BCUT2D eigenvalue weighted by atomic mass is 9.85. The zero-order valence-electron chi connectivity index (χ0n) is 57.8. The van der Waals surface area contributed by atoms with E-state index in [-0.39, 0.29) is 0 Å². The Labute approximate surface area is 612 Å². The quantitative estimate of drug-likeness (QED) is 0.142. The van der Waals surface area contributed by atoms with Gasteiger partial charge in [-0.05, 0) is 254 Å². The first kappa shape index (κ1) is 60.8. The van der Waals surface area contributed by atoms with Gasteiger partial charge in [-0.3, -0.25) is 0 Å². The molecule has 2 aromatic heterocycles. The molecule has 0 aliphatic rings. The average Bonchev–Trinajstić information content (AvgIpc) is 1.20. The summed E-state index contributed by atoms with van der Waals surface area (Å²) >= 11 is 0. The van der Waals surface area contributed by atoms with Crippen molar-refractivity contribution in [1.29, 1.82) is 0 Å². The van der Waals surface area contributed by atoms with E-state index in [1.807, 2.05) is 0 Å². The smallest absolute Gasteiger partial charge is 0.136 e. The van der Waals surface area contributed by atoms with Crippen LogP contribution in [0.2, 0.25) is 0 Å². The normalized spacial score (nSPS) is 11.8. The Kier molecular flexibility index (Phi) is 14.3. The van der Waals surface area contributed by atoms with Gasteiger partial charge in [0.05, 0.1) is 0 Å². The van der Waals surface area contributed by atoms with Gasteiger partial charge in [-0.2, -0.15) is 0 Å². The highest BCUT2D eigenvalue weighted by atomic mass is 16.3. The van der Waals surface area contributed by atoms with Gasteiger partial charge >= 0.3 is 0 Å². The first-order valence-corrected chi connectivity index (χ1v) is 36.5. The van der Waals surface area contributed by atoms with E-state index in [0.717, 1.165) is 43.9 Å². The van der Waals surface area contributed by atoms with Gasteiger partial charge in [0.1, 0.15) is 22.3 Å². The van der Waals surface area contributed by atoms with Crippen molar-refractivity contribution in [2.24, 2.45) is 0 Å². The molecule has 22 aromatic rings. The van der Waals surface area contributed by atoms with Gasteiger partial charge in [0.25, 0.3) is 0 Å². The van der Waals surface area contributed by atoms with Crippen LogP contribution in [0.15, 0.2) is 397 Å². The van der Waals surface area contributed by atoms with E-state index < -0.39 is 0 Å². The molecule has 22 rings (SSSR count). The summed E-state index contributed by atoms with van der Waals surface area (Å²) in [5, 5.41) is 24.4. The topological polar surface area (TPSA) is 26.3 Å². The summed E-state index contributed by atoms with van der Waals surface area (Å²) in [5.41, 5.74) is 23.2. The highest BCUT2D eigenvalue weighted by Gasteiger charge is 2.21. The minimum absolute atomic E-state index is 0.910. The zero-order chi connectivity index (χ0) is 69.8. The molecule has 2 nitrogen and oxygen atoms in total. The summed E-state index contributed by atoms with van der Waals surface area (Å²) < 4.78 is 12.7. The van der Waals surface area contributed by atoms with Crippen LogP contribution in [-0.4, -0.2) is 0 Å². The lowest BCUT2D eigenvalue weighted by Gasteiger charge is -2.18. The van der Waals surface area contributed by atoms with Crippen molar-refractivity contribution in [1.82, 2.24) is 0 Å². The number of benzene rings is 20. The monoisotopic (exact) mass is 1340 g/mol. The molecule has 0 saturated heterocycles. The van der Waals surface area contributed by atoms with Crippen LogP contribution in [0.4, 0.5) is 0 Å². The fourth-order valence-corrected chi connectivity index (χ4v) is 16.9. The lowest BCUT2D eigenvalue weighted by molar-refractivity contribution is 0.669. The van der Waals surface area contributed by atoms with Crippen LogP contribution in [-0.2, 0) is 0 Å². The van der Waals surface area contributed by atoms with Crippen LogP contribution < -0.4 is 0 Å². The van der Waals surface area contributed by atoms with E-state index in [0.29, 0.717) is 0 Å². The molecule has 2 heteroatoms. The molecule has 0 radical (unpaired) electrons. The predicted octanol–water partition coefficient (Wildman–Crippen LogP) is 29.7. The van der Waals surface area contributed by atoms with E-state index in [4.69, 9.17) is 8.83 Å². The van der Waals surface area contributed by atoms with E-state index in [9.17, 15) is 0 Å². The number of hydrogen-bond acceptors (Lipinski definition) is 2. The maximum atomic E-state index is 6.34. The molecule has 2 heterocycles. The van der Waals surface area contributed by atoms with Crippen molar-refractivity contribution in [2.75, 3.05) is 0 Å².